The highest BCUT2D eigenvalue weighted by Gasteiger charge is 2.24. The van der Waals surface area contributed by atoms with Gasteiger partial charge in [-0.3, -0.25) is 0 Å². The van der Waals surface area contributed by atoms with Crippen molar-refractivity contribution in [1.29, 1.82) is 0 Å². The predicted molar refractivity (Wildman–Crippen MR) is 90.3 cm³/mol. The van der Waals surface area contributed by atoms with Crippen LogP contribution in [0.25, 0.3) is 0 Å². The first-order chi connectivity index (χ1) is 12.1. The van der Waals surface area contributed by atoms with Crippen molar-refractivity contribution in [2.45, 2.75) is 0 Å². The minimum atomic E-state index is -1.46. The molecule has 1 N–H and O–H groups in total. The summed E-state index contributed by atoms with van der Waals surface area (Å²) in [7, 11) is 0. The Bertz CT molecular complexity index is 906. The number of halogens is 3. The molecular formula is C18H11ClF2N2O2. The molecule has 126 valence electrons. The number of aromatic nitrogens is 1. The quantitative estimate of drug-likeness (QED) is 0.405. The number of rotatable bonds is 4. The lowest BCUT2D eigenvalue weighted by atomic mass is 10.2. The van der Waals surface area contributed by atoms with Gasteiger partial charge in [0.1, 0.15) is 16.5 Å². The number of nitrogens with one attached hydrogen (secondary N) is 1. The van der Waals surface area contributed by atoms with E-state index in [4.69, 9.17) is 16.3 Å². The molecule has 0 aliphatic carbocycles. The van der Waals surface area contributed by atoms with Crippen LogP contribution in [0.5, 0.6) is 5.75 Å². The minimum Gasteiger partial charge on any atom is -0.422 e. The zero-order chi connectivity index (χ0) is 17.8. The number of nitrogens with zero attached hydrogens (tertiary/aromatic N) is 1. The number of esters is 1. The predicted octanol–water partition coefficient (Wildman–Crippen LogP) is 4.98. The van der Waals surface area contributed by atoms with E-state index in [1.165, 1.54) is 12.1 Å². The molecule has 3 rings (SSSR count). The standard InChI is InChI=1S/C18H11ClF2N2O2/c19-13-15(22-11-7-3-1-4-8-11)14(20)17(21)23-16(13)18(24)25-12-9-5-2-6-10-12/h1-10H,(H,22,23). The van der Waals surface area contributed by atoms with Gasteiger partial charge in [-0.25, -0.2) is 9.78 Å². The summed E-state index contributed by atoms with van der Waals surface area (Å²) >= 11 is 6.06. The third-order valence-corrected chi connectivity index (χ3v) is 3.60. The molecule has 1 heterocycles. The highest BCUT2D eigenvalue weighted by molar-refractivity contribution is 6.36. The highest BCUT2D eigenvalue weighted by atomic mass is 35.5. The summed E-state index contributed by atoms with van der Waals surface area (Å²) in [5.41, 5.74) is -0.445. The van der Waals surface area contributed by atoms with Gasteiger partial charge < -0.3 is 10.1 Å². The van der Waals surface area contributed by atoms with Crippen molar-refractivity contribution in [2.75, 3.05) is 5.32 Å². The molecular weight excluding hydrogens is 350 g/mol. The van der Waals surface area contributed by atoms with Crippen molar-refractivity contribution in [3.63, 3.8) is 0 Å². The van der Waals surface area contributed by atoms with Gasteiger partial charge in [-0.1, -0.05) is 48.0 Å². The monoisotopic (exact) mass is 360 g/mol. The fraction of sp³-hybridized carbons (Fsp3) is 0. The average Bonchev–Trinajstić information content (AvgIpc) is 2.63. The molecule has 0 atom stereocenters. The van der Waals surface area contributed by atoms with Crippen molar-refractivity contribution in [3.05, 3.63) is 83.1 Å². The molecule has 2 aromatic carbocycles. The van der Waals surface area contributed by atoms with Crippen LogP contribution in [-0.4, -0.2) is 11.0 Å². The van der Waals surface area contributed by atoms with Gasteiger partial charge in [0.2, 0.25) is 5.82 Å². The zero-order valence-corrected chi connectivity index (χ0v) is 13.4. The summed E-state index contributed by atoms with van der Waals surface area (Å²) in [6.07, 6.45) is 0. The number of benzene rings is 2. The van der Waals surface area contributed by atoms with Crippen LogP contribution in [0.2, 0.25) is 5.02 Å². The van der Waals surface area contributed by atoms with Crippen LogP contribution in [0.3, 0.4) is 0 Å². The van der Waals surface area contributed by atoms with E-state index in [1.807, 2.05) is 0 Å². The van der Waals surface area contributed by atoms with Gasteiger partial charge in [0.05, 0.1) is 0 Å². The van der Waals surface area contributed by atoms with Gasteiger partial charge in [-0.05, 0) is 24.3 Å². The SMILES string of the molecule is O=C(Oc1ccccc1)c1nc(F)c(F)c(Nc2ccccc2)c1Cl. The van der Waals surface area contributed by atoms with Crippen molar-refractivity contribution in [2.24, 2.45) is 0 Å². The first kappa shape index (κ1) is 16.9. The molecule has 0 aliphatic heterocycles. The Morgan fingerprint density at radius 1 is 1.00 bits per heavy atom. The summed E-state index contributed by atoms with van der Waals surface area (Å²) in [5, 5.41) is 2.27. The summed E-state index contributed by atoms with van der Waals surface area (Å²) < 4.78 is 33.0. The normalized spacial score (nSPS) is 10.4. The van der Waals surface area contributed by atoms with E-state index < -0.39 is 23.4 Å². The summed E-state index contributed by atoms with van der Waals surface area (Å²) in [6.45, 7) is 0. The molecule has 7 heteroatoms. The van der Waals surface area contributed by atoms with Crippen LogP contribution in [0.15, 0.2) is 60.7 Å². The molecule has 0 unspecified atom stereocenters. The Morgan fingerprint density at radius 2 is 1.60 bits per heavy atom. The Labute approximate surface area is 147 Å². The Balaban J connectivity index is 1.96. The molecule has 1 aromatic heterocycles. The van der Waals surface area contributed by atoms with Crippen LogP contribution in [-0.2, 0) is 0 Å². The van der Waals surface area contributed by atoms with Crippen LogP contribution in [0, 0.1) is 11.8 Å². The summed E-state index contributed by atoms with van der Waals surface area (Å²) in [6, 6.07) is 16.6. The van der Waals surface area contributed by atoms with E-state index >= 15 is 0 Å². The molecule has 4 nitrogen and oxygen atoms in total. The largest absolute Gasteiger partial charge is 0.422 e. The van der Waals surface area contributed by atoms with Crippen molar-refractivity contribution in [3.8, 4) is 5.75 Å². The molecule has 0 aliphatic rings. The molecule has 0 fully saturated rings. The van der Waals surface area contributed by atoms with Crippen LogP contribution >= 0.6 is 11.6 Å². The summed E-state index contributed by atoms with van der Waals surface area (Å²) in [4.78, 5) is 15.5. The van der Waals surface area contributed by atoms with E-state index in [2.05, 4.69) is 10.3 Å². The van der Waals surface area contributed by atoms with Gasteiger partial charge in [0, 0.05) is 5.69 Å². The lowest BCUT2D eigenvalue weighted by molar-refractivity contribution is 0.0727. The second kappa shape index (κ2) is 7.27. The molecule has 0 amide bonds. The van der Waals surface area contributed by atoms with Crippen LogP contribution in [0.1, 0.15) is 10.5 Å². The topological polar surface area (TPSA) is 51.2 Å². The minimum absolute atomic E-state index is 0.229. The number of carbonyl (C=O) groups is 1. The van der Waals surface area contributed by atoms with Crippen LogP contribution in [0.4, 0.5) is 20.2 Å². The third kappa shape index (κ3) is 3.75. The first-order valence-corrected chi connectivity index (χ1v) is 7.58. The molecule has 3 aromatic rings. The smallest absolute Gasteiger partial charge is 0.364 e. The van der Waals surface area contributed by atoms with Crippen molar-refractivity contribution >= 4 is 28.9 Å². The number of hydrogen-bond donors (Lipinski definition) is 1. The van der Waals surface area contributed by atoms with Gasteiger partial charge in [0.25, 0.3) is 5.95 Å². The maximum atomic E-state index is 14.1. The number of ether oxygens (including phenoxy) is 1. The van der Waals surface area contributed by atoms with Crippen molar-refractivity contribution in [1.82, 2.24) is 4.98 Å². The van der Waals surface area contributed by atoms with E-state index in [-0.39, 0.29) is 16.5 Å². The van der Waals surface area contributed by atoms with E-state index in [1.54, 1.807) is 48.5 Å². The second-order valence-electron chi connectivity index (χ2n) is 4.95. The Hall–Kier alpha value is -2.99. The number of para-hydroxylation sites is 2. The highest BCUT2D eigenvalue weighted by Crippen LogP contribution is 2.32. The molecule has 0 radical (unpaired) electrons. The Kier molecular flexibility index (Phi) is 4.90. The molecule has 0 spiro atoms. The molecule has 0 saturated carbocycles. The van der Waals surface area contributed by atoms with Gasteiger partial charge in [-0.2, -0.15) is 8.78 Å². The van der Waals surface area contributed by atoms with E-state index in [0.29, 0.717) is 5.69 Å². The number of carbonyl (C=O) groups excluding carboxylic acids is 1. The molecule has 25 heavy (non-hydrogen) atoms. The lowest BCUT2D eigenvalue weighted by Crippen LogP contribution is -2.14. The number of hydrogen-bond acceptors (Lipinski definition) is 4. The maximum absolute atomic E-state index is 14.1. The third-order valence-electron chi connectivity index (χ3n) is 3.23. The molecule has 0 saturated heterocycles. The first-order valence-electron chi connectivity index (χ1n) is 7.20. The van der Waals surface area contributed by atoms with Gasteiger partial charge >= 0.3 is 5.97 Å². The fourth-order valence-electron chi connectivity index (χ4n) is 2.07. The number of anilines is 2. The number of pyridine rings is 1. The zero-order valence-electron chi connectivity index (χ0n) is 12.7. The van der Waals surface area contributed by atoms with E-state index in [9.17, 15) is 13.6 Å². The summed E-state index contributed by atoms with van der Waals surface area (Å²) in [5.74, 6) is -3.51. The average molecular weight is 361 g/mol. The van der Waals surface area contributed by atoms with E-state index in [0.717, 1.165) is 0 Å². The lowest BCUT2D eigenvalue weighted by Gasteiger charge is -2.12. The molecule has 0 bridgehead atoms. The second-order valence-corrected chi connectivity index (χ2v) is 5.33. The van der Waals surface area contributed by atoms with Gasteiger partial charge in [0.15, 0.2) is 5.69 Å². The fourth-order valence-corrected chi connectivity index (χ4v) is 2.32. The maximum Gasteiger partial charge on any atom is 0.364 e. The van der Waals surface area contributed by atoms with Crippen LogP contribution < -0.4 is 10.1 Å². The van der Waals surface area contributed by atoms with Crippen molar-refractivity contribution < 1.29 is 18.3 Å². The van der Waals surface area contributed by atoms with Gasteiger partial charge in [-0.15, -0.1) is 0 Å². The Morgan fingerprint density at radius 3 is 2.24 bits per heavy atom.